The number of carboxylic acids is 1. The van der Waals surface area contributed by atoms with Crippen molar-refractivity contribution >= 4 is 29.1 Å². The summed E-state index contributed by atoms with van der Waals surface area (Å²) in [7, 11) is 0. The first-order chi connectivity index (χ1) is 17.3. The number of epoxide rings is 1. The van der Waals surface area contributed by atoms with Crippen LogP contribution in [-0.4, -0.2) is 56.6 Å². The van der Waals surface area contributed by atoms with Gasteiger partial charge in [0.2, 0.25) is 0 Å². The quantitative estimate of drug-likeness (QED) is 0.502. The summed E-state index contributed by atoms with van der Waals surface area (Å²) < 4.78 is 6.48. The normalized spacial score (nSPS) is 43.0. The summed E-state index contributed by atoms with van der Waals surface area (Å²) in [5.74, 6) is -2.97. The molecule has 8 nitrogen and oxygen atoms in total. The van der Waals surface area contributed by atoms with E-state index in [1.807, 2.05) is 13.8 Å². The Bertz CT molecular complexity index is 1270. The molecule has 1 spiro atoms. The minimum absolute atomic E-state index is 0.0373. The minimum Gasteiger partial charge on any atom is -0.481 e. The summed E-state index contributed by atoms with van der Waals surface area (Å²) in [5.41, 5.74) is -5.77. The summed E-state index contributed by atoms with van der Waals surface area (Å²) in [5, 5.41) is 20.8. The topological polar surface area (TPSA) is 138 Å². The van der Waals surface area contributed by atoms with Crippen LogP contribution in [0.2, 0.25) is 0 Å². The van der Waals surface area contributed by atoms with Crippen molar-refractivity contribution in [3.8, 4) is 0 Å². The molecule has 38 heavy (non-hydrogen) atoms. The lowest BCUT2D eigenvalue weighted by atomic mass is 9.40. The molecule has 8 heteroatoms. The SMILES string of the molecule is CC(CC(=O)C[C@](C)(O)C1=CC(=O)[C@]2(C)[C@]1(C)C(=O)C=C1[C@@]3(C)CCC(=O)C(C)(C)[C@@H]3C[C@H]3O[C@@]132)C(=O)O. The van der Waals surface area contributed by atoms with Gasteiger partial charge in [-0.2, -0.15) is 0 Å². The first-order valence-corrected chi connectivity index (χ1v) is 13.5. The van der Waals surface area contributed by atoms with Crippen LogP contribution in [0.4, 0.5) is 0 Å². The van der Waals surface area contributed by atoms with E-state index in [2.05, 4.69) is 6.92 Å². The van der Waals surface area contributed by atoms with Gasteiger partial charge in [0.05, 0.1) is 28.5 Å². The highest BCUT2D eigenvalue weighted by Gasteiger charge is 2.85. The van der Waals surface area contributed by atoms with Crippen molar-refractivity contribution in [3.63, 3.8) is 0 Å². The molecule has 4 aliphatic carbocycles. The van der Waals surface area contributed by atoms with Gasteiger partial charge in [0, 0.05) is 24.7 Å². The molecule has 0 aromatic rings. The van der Waals surface area contributed by atoms with Crippen LogP contribution in [0.1, 0.15) is 80.6 Å². The Balaban J connectivity index is 1.58. The van der Waals surface area contributed by atoms with E-state index in [0.29, 0.717) is 19.3 Å². The van der Waals surface area contributed by atoms with Gasteiger partial charge in [-0.3, -0.25) is 24.0 Å². The zero-order valence-corrected chi connectivity index (χ0v) is 23.3. The third-order valence-electron chi connectivity index (χ3n) is 11.3. The van der Waals surface area contributed by atoms with Gasteiger partial charge in [-0.05, 0) is 68.2 Å². The van der Waals surface area contributed by atoms with Gasteiger partial charge in [-0.1, -0.05) is 27.7 Å². The second-order valence-corrected chi connectivity index (χ2v) is 13.7. The van der Waals surface area contributed by atoms with E-state index in [1.54, 1.807) is 19.9 Å². The first-order valence-electron chi connectivity index (χ1n) is 13.5. The maximum Gasteiger partial charge on any atom is 0.306 e. The maximum atomic E-state index is 14.2. The van der Waals surface area contributed by atoms with Gasteiger partial charge in [0.15, 0.2) is 11.6 Å². The molecule has 2 N–H and O–H groups in total. The zero-order valence-electron chi connectivity index (χ0n) is 23.3. The van der Waals surface area contributed by atoms with E-state index in [1.165, 1.54) is 19.9 Å². The monoisotopic (exact) mass is 526 g/mol. The Labute approximate surface area is 222 Å². The highest BCUT2D eigenvalue weighted by Crippen LogP contribution is 2.78. The summed E-state index contributed by atoms with van der Waals surface area (Å²) in [6.45, 7) is 12.3. The number of carbonyl (C=O) groups is 5. The first kappa shape index (κ1) is 27.1. The number of carboxylic acid groups (broad SMARTS) is 1. The van der Waals surface area contributed by atoms with Gasteiger partial charge < -0.3 is 14.9 Å². The van der Waals surface area contributed by atoms with E-state index >= 15 is 0 Å². The summed E-state index contributed by atoms with van der Waals surface area (Å²) >= 11 is 0. The fraction of sp³-hybridized carbons (Fsp3) is 0.700. The number of Topliss-reactive ketones (excluding diaryl/α,β-unsaturated/α-hetero) is 2. The van der Waals surface area contributed by atoms with Crippen LogP contribution in [-0.2, 0) is 28.7 Å². The van der Waals surface area contributed by atoms with Crippen LogP contribution in [0.15, 0.2) is 23.3 Å². The molecule has 0 amide bonds. The largest absolute Gasteiger partial charge is 0.481 e. The lowest BCUT2D eigenvalue weighted by Gasteiger charge is -2.59. The number of ketones is 4. The van der Waals surface area contributed by atoms with Gasteiger partial charge in [-0.15, -0.1) is 0 Å². The molecule has 0 radical (unpaired) electrons. The Kier molecular flexibility index (Phi) is 5.42. The number of aliphatic hydroxyl groups is 1. The molecule has 0 aromatic heterocycles. The van der Waals surface area contributed by atoms with Crippen LogP contribution in [0, 0.1) is 33.5 Å². The van der Waals surface area contributed by atoms with E-state index in [0.717, 1.165) is 5.57 Å². The molecule has 5 rings (SSSR count). The Morgan fingerprint density at radius 3 is 2.34 bits per heavy atom. The van der Waals surface area contributed by atoms with E-state index in [-0.39, 0.29) is 41.4 Å². The Morgan fingerprint density at radius 2 is 1.74 bits per heavy atom. The van der Waals surface area contributed by atoms with Gasteiger partial charge in [0.25, 0.3) is 0 Å². The second kappa shape index (κ2) is 7.60. The van der Waals surface area contributed by atoms with Crippen LogP contribution in [0.25, 0.3) is 0 Å². The third kappa shape index (κ3) is 2.96. The standard InChI is InChI=1S/C30H38O8/c1-15(24(35)36)10-16(31)14-27(5,37)19-12-22(34)29(7)28(19,6)21(33)11-18-26(4)9-8-20(32)25(2,3)17(26)13-23-30(18,29)38-23/h11-12,15,17,23,37H,8-10,13-14H2,1-7H3,(H,35,36)/t15?,17-,23+,26-,27-,28-,29+,30-/m0/s1. The molecular formula is C30H38O8. The van der Waals surface area contributed by atoms with Crippen LogP contribution < -0.4 is 0 Å². The Hall–Kier alpha value is -2.45. The fourth-order valence-electron chi connectivity index (χ4n) is 8.82. The number of allylic oxidation sites excluding steroid dienone is 2. The molecule has 206 valence electrons. The van der Waals surface area contributed by atoms with Gasteiger partial charge >= 0.3 is 5.97 Å². The van der Waals surface area contributed by atoms with E-state index in [4.69, 9.17) is 4.74 Å². The highest BCUT2D eigenvalue weighted by atomic mass is 16.6. The predicted molar refractivity (Wildman–Crippen MR) is 136 cm³/mol. The molecular weight excluding hydrogens is 488 g/mol. The minimum atomic E-state index is -1.83. The number of fused-ring (bicyclic) bond motifs is 3. The van der Waals surface area contributed by atoms with E-state index in [9.17, 15) is 34.2 Å². The lowest BCUT2D eigenvalue weighted by Crippen LogP contribution is -2.65. The van der Waals surface area contributed by atoms with Crippen LogP contribution >= 0.6 is 0 Å². The molecule has 3 fully saturated rings. The molecule has 0 bridgehead atoms. The highest BCUT2D eigenvalue weighted by molar-refractivity contribution is 6.14. The van der Waals surface area contributed by atoms with Gasteiger partial charge in [-0.25, -0.2) is 0 Å². The van der Waals surface area contributed by atoms with Crippen LogP contribution in [0.5, 0.6) is 0 Å². The number of aliphatic carboxylic acids is 1. The third-order valence-corrected chi connectivity index (χ3v) is 11.3. The Morgan fingerprint density at radius 1 is 1.11 bits per heavy atom. The maximum absolute atomic E-state index is 14.2. The van der Waals surface area contributed by atoms with Crippen molar-refractivity contribution in [2.24, 2.45) is 33.5 Å². The number of hydrogen-bond donors (Lipinski definition) is 2. The fourth-order valence-corrected chi connectivity index (χ4v) is 8.82. The summed E-state index contributed by atoms with van der Waals surface area (Å²) in [6.07, 6.45) is 3.48. The van der Waals surface area contributed by atoms with Gasteiger partial charge in [0.1, 0.15) is 17.2 Å². The number of hydrogen-bond acceptors (Lipinski definition) is 7. The molecule has 2 saturated carbocycles. The molecule has 1 heterocycles. The molecule has 5 aliphatic rings. The number of ether oxygens (including phenoxy) is 1. The average molecular weight is 527 g/mol. The lowest BCUT2D eigenvalue weighted by molar-refractivity contribution is -0.149. The smallest absolute Gasteiger partial charge is 0.306 e. The number of rotatable bonds is 6. The molecule has 8 atom stereocenters. The average Bonchev–Trinajstić information content (AvgIpc) is 3.48. The van der Waals surface area contributed by atoms with Crippen molar-refractivity contribution in [2.45, 2.75) is 97.9 Å². The summed E-state index contributed by atoms with van der Waals surface area (Å²) in [6, 6.07) is 0. The van der Waals surface area contributed by atoms with Crippen molar-refractivity contribution in [3.05, 3.63) is 23.3 Å². The number of carbonyl (C=O) groups excluding carboxylic acids is 4. The van der Waals surface area contributed by atoms with E-state index < -0.39 is 57.0 Å². The molecule has 1 saturated heterocycles. The molecule has 1 aliphatic heterocycles. The van der Waals surface area contributed by atoms with Crippen molar-refractivity contribution in [1.82, 2.24) is 0 Å². The molecule has 0 aromatic carbocycles. The predicted octanol–water partition coefficient (Wildman–Crippen LogP) is 3.39. The zero-order chi connectivity index (χ0) is 28.4. The van der Waals surface area contributed by atoms with Crippen molar-refractivity contribution in [2.75, 3.05) is 0 Å². The van der Waals surface area contributed by atoms with Crippen molar-refractivity contribution in [1.29, 1.82) is 0 Å². The van der Waals surface area contributed by atoms with Crippen molar-refractivity contribution < 1.29 is 38.9 Å². The molecule has 1 unspecified atom stereocenters. The van der Waals surface area contributed by atoms with Crippen LogP contribution in [0.3, 0.4) is 0 Å². The second-order valence-electron chi connectivity index (χ2n) is 13.7. The summed E-state index contributed by atoms with van der Waals surface area (Å²) in [4.78, 5) is 64.9.